The molecule has 0 aliphatic carbocycles. The Balaban J connectivity index is 6.33. The van der Waals surface area contributed by atoms with Crippen molar-refractivity contribution < 1.29 is 4.21 Å². The number of hydrogen-bond donors (Lipinski definition) is 0. The maximum Gasteiger partial charge on any atom is 0.0699 e. The number of rotatable bonds is 4. The zero-order valence-corrected chi connectivity index (χ0v) is 17.4. The van der Waals surface area contributed by atoms with Crippen LogP contribution in [0.2, 0.25) is 0 Å². The van der Waals surface area contributed by atoms with E-state index in [0.717, 1.165) is 6.42 Å². The van der Waals surface area contributed by atoms with Crippen LogP contribution < -0.4 is 0 Å². The third-order valence-corrected chi connectivity index (χ3v) is 9.47. The zero-order chi connectivity index (χ0) is 17.5. The van der Waals surface area contributed by atoms with Crippen LogP contribution in [0.15, 0.2) is 4.36 Å². The Bertz CT molecular complexity index is 446. The standard InChI is InChI=1S/C18H39NOS/c1-13-14(2)17(9,10)18(11,12)19-21(20,15(3,4)5)16(6,7)8/h14H,13H2,1-12H3. The van der Waals surface area contributed by atoms with E-state index < -0.39 is 9.73 Å². The van der Waals surface area contributed by atoms with Gasteiger partial charge in [-0.2, -0.15) is 0 Å². The monoisotopic (exact) mass is 317 g/mol. The Hall–Kier alpha value is -0.0500. The maximum absolute atomic E-state index is 13.8. The van der Waals surface area contributed by atoms with Crippen LogP contribution in [-0.4, -0.2) is 19.2 Å². The van der Waals surface area contributed by atoms with Crippen molar-refractivity contribution >= 4 is 9.73 Å². The van der Waals surface area contributed by atoms with Gasteiger partial charge in [0.2, 0.25) is 0 Å². The lowest BCUT2D eigenvalue weighted by Gasteiger charge is -2.46. The molecule has 0 aromatic heterocycles. The summed E-state index contributed by atoms with van der Waals surface area (Å²) in [6.45, 7) is 25.6. The van der Waals surface area contributed by atoms with Crippen molar-refractivity contribution in [3.05, 3.63) is 0 Å². The van der Waals surface area contributed by atoms with Gasteiger partial charge < -0.3 is 0 Å². The van der Waals surface area contributed by atoms with Crippen molar-refractivity contribution in [2.45, 2.75) is 105 Å². The normalized spacial score (nSPS) is 16.8. The summed E-state index contributed by atoms with van der Waals surface area (Å²) in [5.74, 6) is 0.528. The summed E-state index contributed by atoms with van der Waals surface area (Å²) in [6.07, 6.45) is 1.11. The van der Waals surface area contributed by atoms with E-state index in [9.17, 15) is 4.21 Å². The molecule has 0 aromatic rings. The summed E-state index contributed by atoms with van der Waals surface area (Å²) in [4.78, 5) is 0. The lowest BCUT2D eigenvalue weighted by Crippen LogP contribution is -2.48. The summed E-state index contributed by atoms with van der Waals surface area (Å²) in [6, 6.07) is 0. The molecular weight excluding hydrogens is 278 g/mol. The molecule has 0 saturated carbocycles. The fourth-order valence-corrected chi connectivity index (χ4v) is 6.01. The Kier molecular flexibility index (Phi) is 5.85. The lowest BCUT2D eigenvalue weighted by molar-refractivity contribution is 0.119. The summed E-state index contributed by atoms with van der Waals surface area (Å²) >= 11 is 0. The zero-order valence-electron chi connectivity index (χ0n) is 16.5. The molecule has 0 aliphatic heterocycles. The third-order valence-electron chi connectivity index (χ3n) is 5.44. The van der Waals surface area contributed by atoms with Gasteiger partial charge in [-0.05, 0) is 66.7 Å². The van der Waals surface area contributed by atoms with E-state index in [4.69, 9.17) is 4.36 Å². The molecule has 21 heavy (non-hydrogen) atoms. The topological polar surface area (TPSA) is 29.4 Å². The summed E-state index contributed by atoms with van der Waals surface area (Å²) in [7, 11) is -2.38. The van der Waals surface area contributed by atoms with E-state index in [1.807, 2.05) is 0 Å². The molecule has 2 nitrogen and oxygen atoms in total. The Morgan fingerprint density at radius 1 is 0.857 bits per heavy atom. The van der Waals surface area contributed by atoms with E-state index >= 15 is 0 Å². The highest BCUT2D eigenvalue weighted by molar-refractivity contribution is 7.96. The Morgan fingerprint density at radius 3 is 1.43 bits per heavy atom. The smallest absolute Gasteiger partial charge is 0.0699 e. The van der Waals surface area contributed by atoms with Gasteiger partial charge in [0.25, 0.3) is 0 Å². The molecule has 0 saturated heterocycles. The van der Waals surface area contributed by atoms with Gasteiger partial charge in [-0.3, -0.25) is 0 Å². The van der Waals surface area contributed by atoms with E-state index in [0.29, 0.717) is 5.92 Å². The quantitative estimate of drug-likeness (QED) is 0.634. The number of nitrogens with zero attached hydrogens (tertiary/aromatic N) is 1. The van der Waals surface area contributed by atoms with Crippen molar-refractivity contribution in [3.63, 3.8) is 0 Å². The minimum absolute atomic E-state index is 0.000903. The minimum Gasteiger partial charge on any atom is -0.249 e. The highest BCUT2D eigenvalue weighted by atomic mass is 32.2. The second kappa shape index (κ2) is 5.86. The molecule has 0 N–H and O–H groups in total. The van der Waals surface area contributed by atoms with Crippen LogP contribution in [0, 0.1) is 11.3 Å². The average molecular weight is 318 g/mol. The van der Waals surface area contributed by atoms with Crippen molar-refractivity contribution in [3.8, 4) is 0 Å². The summed E-state index contributed by atoms with van der Waals surface area (Å²) < 4.78 is 18.2. The van der Waals surface area contributed by atoms with Gasteiger partial charge in [-0.1, -0.05) is 34.1 Å². The van der Waals surface area contributed by atoms with E-state index in [2.05, 4.69) is 83.1 Å². The fraction of sp³-hybridized carbons (Fsp3) is 1.00. The molecule has 1 atom stereocenters. The Morgan fingerprint density at radius 2 is 1.19 bits per heavy atom. The molecule has 0 bridgehead atoms. The Labute approximate surface area is 134 Å². The van der Waals surface area contributed by atoms with Crippen LogP contribution in [0.5, 0.6) is 0 Å². The highest BCUT2D eigenvalue weighted by Crippen LogP contribution is 2.45. The second-order valence-electron chi connectivity index (χ2n) is 9.43. The van der Waals surface area contributed by atoms with Crippen LogP contribution in [0.3, 0.4) is 0 Å². The highest BCUT2D eigenvalue weighted by Gasteiger charge is 2.45. The van der Waals surface area contributed by atoms with Crippen LogP contribution in [0.25, 0.3) is 0 Å². The molecule has 1 unspecified atom stereocenters. The maximum atomic E-state index is 13.8. The molecule has 0 aromatic carbocycles. The molecule has 0 heterocycles. The molecule has 0 fully saturated rings. The van der Waals surface area contributed by atoms with Crippen LogP contribution in [0.1, 0.15) is 89.5 Å². The number of hydrogen-bond acceptors (Lipinski definition) is 2. The van der Waals surface area contributed by atoms with Crippen molar-refractivity contribution in [1.29, 1.82) is 0 Å². The summed E-state index contributed by atoms with van der Waals surface area (Å²) in [5, 5.41) is 0. The molecule has 0 amide bonds. The van der Waals surface area contributed by atoms with Crippen LogP contribution in [0.4, 0.5) is 0 Å². The van der Waals surface area contributed by atoms with Gasteiger partial charge in [0.15, 0.2) is 0 Å². The van der Waals surface area contributed by atoms with E-state index in [1.54, 1.807) is 0 Å². The molecule has 0 aliphatic rings. The first-order valence-electron chi connectivity index (χ1n) is 8.21. The van der Waals surface area contributed by atoms with Gasteiger partial charge in [0, 0.05) is 9.49 Å². The van der Waals surface area contributed by atoms with Gasteiger partial charge in [0.1, 0.15) is 0 Å². The SMILES string of the molecule is CCC(C)C(C)(C)C(C)(C)N=S(=O)(C(C)(C)C)C(C)(C)C. The van der Waals surface area contributed by atoms with Crippen LogP contribution in [-0.2, 0) is 9.73 Å². The van der Waals surface area contributed by atoms with Crippen molar-refractivity contribution in [2.24, 2.45) is 15.7 Å². The first-order valence-corrected chi connectivity index (χ1v) is 9.73. The average Bonchev–Trinajstić information content (AvgIpc) is 2.23. The lowest BCUT2D eigenvalue weighted by atomic mass is 9.66. The summed E-state index contributed by atoms with van der Waals surface area (Å²) in [5.41, 5.74) is -0.332. The first kappa shape index (κ1) is 20.9. The second-order valence-corrected chi connectivity index (χ2v) is 13.1. The first-order chi connectivity index (χ1) is 8.94. The van der Waals surface area contributed by atoms with E-state index in [-0.39, 0.29) is 20.4 Å². The van der Waals surface area contributed by atoms with Gasteiger partial charge in [-0.15, -0.1) is 0 Å². The van der Waals surface area contributed by atoms with E-state index in [1.165, 1.54) is 0 Å². The van der Waals surface area contributed by atoms with Crippen molar-refractivity contribution in [2.75, 3.05) is 0 Å². The fourth-order valence-electron chi connectivity index (χ4n) is 2.74. The molecule has 0 rings (SSSR count). The molecule has 128 valence electrons. The van der Waals surface area contributed by atoms with Crippen molar-refractivity contribution in [1.82, 2.24) is 0 Å². The van der Waals surface area contributed by atoms with Gasteiger partial charge in [0.05, 0.1) is 15.3 Å². The van der Waals surface area contributed by atoms with Crippen LogP contribution >= 0.6 is 0 Å². The minimum atomic E-state index is -2.38. The van der Waals surface area contributed by atoms with Gasteiger partial charge in [-0.25, -0.2) is 8.57 Å². The molecule has 0 radical (unpaired) electrons. The largest absolute Gasteiger partial charge is 0.249 e. The van der Waals surface area contributed by atoms with Gasteiger partial charge >= 0.3 is 0 Å². The predicted octanol–water partition coefficient (Wildman–Crippen LogP) is 5.90. The molecular formula is C18H39NOS. The third kappa shape index (κ3) is 3.83. The molecule has 3 heteroatoms. The molecule has 0 spiro atoms. The predicted molar refractivity (Wildman–Crippen MR) is 97.4 cm³/mol.